The summed E-state index contributed by atoms with van der Waals surface area (Å²) in [7, 11) is 0. The molecule has 0 radical (unpaired) electrons. The Morgan fingerprint density at radius 3 is 2.77 bits per heavy atom. The van der Waals surface area contributed by atoms with Crippen LogP contribution in [0.4, 0.5) is 0 Å². The Kier molecular flexibility index (Phi) is 6.88. The summed E-state index contributed by atoms with van der Waals surface area (Å²) in [5.41, 5.74) is 2.18. The molecule has 4 rings (SSSR count). The maximum absolute atomic E-state index is 9.55. The Bertz CT molecular complexity index is 1120. The van der Waals surface area contributed by atoms with E-state index in [0.29, 0.717) is 34.7 Å². The lowest BCUT2D eigenvalue weighted by atomic mass is 9.97. The number of aromatic nitrogens is 1. The fraction of sp³-hybridized carbons (Fsp3) is 0.348. The molecule has 162 valence electrons. The van der Waals surface area contributed by atoms with Crippen LogP contribution < -0.4 is 9.47 Å². The number of halogens is 2. The van der Waals surface area contributed by atoms with E-state index in [9.17, 15) is 5.26 Å². The number of fused-ring (bicyclic) bond motifs is 1. The van der Waals surface area contributed by atoms with Gasteiger partial charge in [-0.3, -0.25) is 0 Å². The summed E-state index contributed by atoms with van der Waals surface area (Å²) in [4.78, 5) is 0. The van der Waals surface area contributed by atoms with Gasteiger partial charge in [0, 0.05) is 36.3 Å². The fourth-order valence-corrected chi connectivity index (χ4v) is 4.76. The van der Waals surface area contributed by atoms with Crippen LogP contribution in [-0.2, 0) is 0 Å². The Morgan fingerprint density at radius 2 is 2.06 bits per heavy atom. The number of hydrogen-bond acceptors (Lipinski definition) is 5. The van der Waals surface area contributed by atoms with Crippen molar-refractivity contribution in [1.29, 1.82) is 5.26 Å². The second kappa shape index (κ2) is 9.62. The number of alkyl halides is 1. The minimum atomic E-state index is 0.167. The first-order chi connectivity index (χ1) is 15.0. The molecule has 1 aliphatic heterocycles. The quantitative estimate of drug-likeness (QED) is 0.306. The zero-order valence-electron chi connectivity index (χ0n) is 17.3. The van der Waals surface area contributed by atoms with Gasteiger partial charge in [0.15, 0.2) is 5.75 Å². The van der Waals surface area contributed by atoms with Crippen molar-refractivity contribution < 1.29 is 9.47 Å². The van der Waals surface area contributed by atoms with Crippen molar-refractivity contribution in [1.82, 2.24) is 8.87 Å². The smallest absolute Gasteiger partial charge is 0.155 e. The van der Waals surface area contributed by atoms with Crippen molar-refractivity contribution in [3.8, 4) is 23.3 Å². The molecule has 2 heterocycles. The Balaban J connectivity index is 1.57. The molecule has 0 aliphatic carbocycles. The fourth-order valence-electron chi connectivity index (χ4n) is 3.73. The normalized spacial score (nSPS) is 15.5. The highest BCUT2D eigenvalue weighted by molar-refractivity contribution is 7.96. The SMILES string of the molecule is CSN1CC(C(C)Oc2ccc3c(ccn3-c3cc(Cl)c(OCCCl)c(C#N)c3)c2)C1. The summed E-state index contributed by atoms with van der Waals surface area (Å²) in [5, 5.41) is 11.0. The van der Waals surface area contributed by atoms with Crippen molar-refractivity contribution in [2.45, 2.75) is 13.0 Å². The lowest BCUT2D eigenvalue weighted by molar-refractivity contribution is 0.0729. The van der Waals surface area contributed by atoms with Gasteiger partial charge in [-0.05, 0) is 49.6 Å². The van der Waals surface area contributed by atoms with Gasteiger partial charge in [0.1, 0.15) is 24.5 Å². The molecule has 2 aromatic carbocycles. The maximum Gasteiger partial charge on any atom is 0.155 e. The first-order valence-electron chi connectivity index (χ1n) is 10.0. The highest BCUT2D eigenvalue weighted by atomic mass is 35.5. The molecule has 5 nitrogen and oxygen atoms in total. The summed E-state index contributed by atoms with van der Waals surface area (Å²) >= 11 is 13.9. The largest absolute Gasteiger partial charge is 0.490 e. The number of nitrogens with zero attached hydrogens (tertiary/aromatic N) is 3. The molecule has 1 unspecified atom stereocenters. The van der Waals surface area contributed by atoms with Crippen molar-refractivity contribution in [3.05, 3.63) is 53.2 Å². The first kappa shape index (κ1) is 22.2. The minimum Gasteiger partial charge on any atom is -0.490 e. The van der Waals surface area contributed by atoms with Crippen LogP contribution in [0.25, 0.3) is 16.6 Å². The third-order valence-corrected chi connectivity index (χ3v) is 6.78. The second-order valence-corrected chi connectivity index (χ2v) is 9.14. The number of hydrogen-bond donors (Lipinski definition) is 0. The molecule has 1 aliphatic rings. The molecule has 1 aromatic heterocycles. The van der Waals surface area contributed by atoms with E-state index in [4.69, 9.17) is 32.7 Å². The molecule has 8 heteroatoms. The van der Waals surface area contributed by atoms with E-state index in [-0.39, 0.29) is 6.10 Å². The van der Waals surface area contributed by atoms with E-state index in [0.717, 1.165) is 35.4 Å². The van der Waals surface area contributed by atoms with E-state index < -0.39 is 0 Å². The Labute approximate surface area is 196 Å². The van der Waals surface area contributed by atoms with E-state index in [1.165, 1.54) is 0 Å². The average molecular weight is 476 g/mol. The molecule has 0 saturated carbocycles. The standard InChI is InChI=1S/C23H23Cl2N3O2S/c1-15(18-13-27(14-18)31-2)30-20-3-4-22-16(10-20)5-7-28(22)19-9-17(12-26)23(21(25)11-19)29-8-6-24/h3-5,7,9-11,15,18H,6,8,13-14H2,1-2H3. The van der Waals surface area contributed by atoms with Crippen LogP contribution in [0.3, 0.4) is 0 Å². The monoisotopic (exact) mass is 475 g/mol. The highest BCUT2D eigenvalue weighted by Gasteiger charge is 2.32. The molecule has 0 spiro atoms. The van der Waals surface area contributed by atoms with Crippen molar-refractivity contribution in [2.75, 3.05) is 31.8 Å². The Morgan fingerprint density at radius 1 is 1.26 bits per heavy atom. The first-order valence-corrected chi connectivity index (χ1v) is 12.1. The number of ether oxygens (including phenoxy) is 2. The number of benzene rings is 2. The Hall–Kier alpha value is -2.04. The third-order valence-electron chi connectivity index (χ3n) is 5.53. The zero-order chi connectivity index (χ0) is 22.0. The molecule has 1 fully saturated rings. The molecular weight excluding hydrogens is 453 g/mol. The van der Waals surface area contributed by atoms with Crippen molar-refractivity contribution in [3.63, 3.8) is 0 Å². The van der Waals surface area contributed by atoms with Gasteiger partial charge in [0.05, 0.1) is 22.0 Å². The van der Waals surface area contributed by atoms with Crippen molar-refractivity contribution in [2.24, 2.45) is 5.92 Å². The van der Waals surface area contributed by atoms with Crippen LogP contribution >= 0.6 is 35.1 Å². The molecule has 31 heavy (non-hydrogen) atoms. The molecular formula is C23H23Cl2N3O2S. The van der Waals surface area contributed by atoms with Crippen LogP contribution in [0.2, 0.25) is 5.02 Å². The van der Waals surface area contributed by atoms with Crippen LogP contribution in [-0.4, -0.2) is 46.8 Å². The van der Waals surface area contributed by atoms with Gasteiger partial charge in [-0.1, -0.05) is 23.5 Å². The summed E-state index contributed by atoms with van der Waals surface area (Å²) in [6, 6.07) is 13.8. The van der Waals surface area contributed by atoms with E-state index >= 15 is 0 Å². The lowest BCUT2D eigenvalue weighted by Gasteiger charge is -2.40. The summed E-state index contributed by atoms with van der Waals surface area (Å²) in [6.45, 7) is 4.55. The second-order valence-electron chi connectivity index (χ2n) is 7.47. The van der Waals surface area contributed by atoms with Gasteiger partial charge in [-0.2, -0.15) is 5.26 Å². The van der Waals surface area contributed by atoms with E-state index in [2.05, 4.69) is 29.6 Å². The predicted molar refractivity (Wildman–Crippen MR) is 128 cm³/mol. The molecule has 1 atom stereocenters. The highest BCUT2D eigenvalue weighted by Crippen LogP contribution is 2.34. The van der Waals surface area contributed by atoms with Gasteiger partial charge in [-0.15, -0.1) is 11.6 Å². The van der Waals surface area contributed by atoms with E-state index in [1.807, 2.05) is 29.0 Å². The average Bonchev–Trinajstić information content (AvgIpc) is 3.15. The number of nitriles is 1. The van der Waals surface area contributed by atoms with Gasteiger partial charge in [0.2, 0.25) is 0 Å². The molecule has 3 aromatic rings. The minimum absolute atomic E-state index is 0.167. The molecule has 1 saturated heterocycles. The molecule has 0 bridgehead atoms. The molecule has 0 N–H and O–H groups in total. The molecule has 0 amide bonds. The van der Waals surface area contributed by atoms with Crippen LogP contribution in [0.1, 0.15) is 12.5 Å². The number of rotatable bonds is 8. The lowest BCUT2D eigenvalue weighted by Crippen LogP contribution is -2.48. The van der Waals surface area contributed by atoms with E-state index in [1.54, 1.807) is 24.1 Å². The van der Waals surface area contributed by atoms with Gasteiger partial charge >= 0.3 is 0 Å². The third kappa shape index (κ3) is 4.61. The van der Waals surface area contributed by atoms with Gasteiger partial charge < -0.3 is 14.0 Å². The van der Waals surface area contributed by atoms with Crippen molar-refractivity contribution >= 4 is 46.1 Å². The maximum atomic E-state index is 9.55. The summed E-state index contributed by atoms with van der Waals surface area (Å²) in [6.07, 6.45) is 4.24. The topological polar surface area (TPSA) is 50.4 Å². The summed E-state index contributed by atoms with van der Waals surface area (Å²) < 4.78 is 16.1. The predicted octanol–water partition coefficient (Wildman–Crippen LogP) is 5.75. The zero-order valence-corrected chi connectivity index (χ0v) is 19.7. The van der Waals surface area contributed by atoms with Crippen LogP contribution in [0.15, 0.2) is 42.6 Å². The van der Waals surface area contributed by atoms with Crippen LogP contribution in [0, 0.1) is 17.2 Å². The van der Waals surface area contributed by atoms with Gasteiger partial charge in [0.25, 0.3) is 0 Å². The van der Waals surface area contributed by atoms with Gasteiger partial charge in [-0.25, -0.2) is 4.31 Å². The summed E-state index contributed by atoms with van der Waals surface area (Å²) in [5.74, 6) is 2.11. The van der Waals surface area contributed by atoms with Crippen LogP contribution in [0.5, 0.6) is 11.5 Å².